The van der Waals surface area contributed by atoms with Gasteiger partial charge < -0.3 is 15.4 Å². The Balaban J connectivity index is 1.67. The fourth-order valence-corrected chi connectivity index (χ4v) is 3.68. The van der Waals surface area contributed by atoms with Crippen molar-refractivity contribution in [2.45, 2.75) is 11.1 Å². The second-order valence-corrected chi connectivity index (χ2v) is 8.10. The molecule has 3 aromatic carbocycles. The molecule has 13 heteroatoms. The largest absolute Gasteiger partial charge is 0.497 e. The Hall–Kier alpha value is -3.74. The summed E-state index contributed by atoms with van der Waals surface area (Å²) in [5, 5.41) is 4.19. The molecule has 2 amide bonds. The first-order chi connectivity index (χ1) is 16.9. The van der Waals surface area contributed by atoms with Gasteiger partial charge in [-0.1, -0.05) is 6.07 Å². The summed E-state index contributed by atoms with van der Waals surface area (Å²) in [6, 6.07) is 12.4. The van der Waals surface area contributed by atoms with Gasteiger partial charge >= 0.3 is 6.18 Å². The van der Waals surface area contributed by atoms with Gasteiger partial charge in [-0.3, -0.25) is 9.59 Å². The van der Waals surface area contributed by atoms with Crippen LogP contribution in [0, 0.1) is 23.3 Å². The first-order valence-electron chi connectivity index (χ1n) is 9.83. The standard InChI is InChI=1S/C23H15F7N2O3S/c1-35-13-7-5-11(6-8-13)22(34)31-12-3-2-4-14(9-12)36-10-15(33)32-21-19(26)17(24)16(23(28,29)30)18(25)20(21)27/h2-9H,10H2,1H3,(H,31,34)(H,32,33). The molecule has 5 nitrogen and oxygen atoms in total. The Kier molecular flexibility index (Phi) is 8.13. The van der Waals surface area contributed by atoms with Gasteiger partial charge in [0.05, 0.1) is 12.9 Å². The number of carbonyl (C=O) groups is 2. The fraction of sp³-hybridized carbons (Fsp3) is 0.130. The van der Waals surface area contributed by atoms with Gasteiger partial charge in [0.25, 0.3) is 5.91 Å². The number of hydrogen-bond acceptors (Lipinski definition) is 4. The van der Waals surface area contributed by atoms with E-state index in [0.717, 1.165) is 11.8 Å². The molecule has 0 radical (unpaired) electrons. The molecule has 190 valence electrons. The van der Waals surface area contributed by atoms with E-state index in [1.165, 1.54) is 13.2 Å². The minimum absolute atomic E-state index is 0.341. The average molecular weight is 532 g/mol. The summed E-state index contributed by atoms with van der Waals surface area (Å²) in [6.07, 6.45) is -5.69. The van der Waals surface area contributed by atoms with Crippen molar-refractivity contribution >= 4 is 35.0 Å². The van der Waals surface area contributed by atoms with Crippen molar-refractivity contribution in [2.75, 3.05) is 23.5 Å². The van der Waals surface area contributed by atoms with E-state index >= 15 is 0 Å². The molecular weight excluding hydrogens is 517 g/mol. The number of thioether (sulfide) groups is 1. The van der Waals surface area contributed by atoms with Crippen LogP contribution >= 0.6 is 11.8 Å². The number of methoxy groups -OCH3 is 1. The molecule has 0 unspecified atom stereocenters. The minimum Gasteiger partial charge on any atom is -0.497 e. The van der Waals surface area contributed by atoms with Gasteiger partial charge in [0.1, 0.15) is 17.0 Å². The molecular formula is C23H15F7N2O3S. The predicted molar refractivity (Wildman–Crippen MR) is 118 cm³/mol. The molecule has 0 heterocycles. The number of nitrogens with one attached hydrogen (secondary N) is 2. The second-order valence-electron chi connectivity index (χ2n) is 7.05. The molecule has 2 N–H and O–H groups in total. The van der Waals surface area contributed by atoms with Crippen LogP contribution in [0.3, 0.4) is 0 Å². The van der Waals surface area contributed by atoms with Gasteiger partial charge in [-0.2, -0.15) is 13.2 Å². The van der Waals surface area contributed by atoms with Gasteiger partial charge in [-0.05, 0) is 42.5 Å². The summed E-state index contributed by atoms with van der Waals surface area (Å²) in [5.41, 5.74) is -3.72. The Morgan fingerprint density at radius 2 is 1.50 bits per heavy atom. The number of rotatable bonds is 7. The second kappa shape index (κ2) is 10.9. The predicted octanol–water partition coefficient (Wildman–Crippen LogP) is 6.25. The summed E-state index contributed by atoms with van der Waals surface area (Å²) in [4.78, 5) is 24.9. The van der Waals surface area contributed by atoms with Crippen molar-refractivity contribution in [1.82, 2.24) is 0 Å². The van der Waals surface area contributed by atoms with Crippen LogP contribution in [-0.2, 0) is 11.0 Å². The molecule has 0 aromatic heterocycles. The first kappa shape index (κ1) is 26.9. The lowest BCUT2D eigenvalue weighted by Gasteiger charge is -2.14. The third-order valence-electron chi connectivity index (χ3n) is 4.63. The summed E-state index contributed by atoms with van der Waals surface area (Å²) < 4.78 is 98.4. The number of halogens is 7. The minimum atomic E-state index is -5.69. The highest BCUT2D eigenvalue weighted by atomic mass is 32.2. The summed E-state index contributed by atoms with van der Waals surface area (Å²) in [6.45, 7) is 0. The number of ether oxygens (including phenoxy) is 1. The molecule has 0 bridgehead atoms. The average Bonchev–Trinajstić information content (AvgIpc) is 2.83. The number of alkyl halides is 3. The molecule has 0 fully saturated rings. The summed E-state index contributed by atoms with van der Waals surface area (Å²) in [7, 11) is 1.48. The van der Waals surface area contributed by atoms with Gasteiger partial charge in [-0.15, -0.1) is 11.8 Å². The summed E-state index contributed by atoms with van der Waals surface area (Å²) >= 11 is 0.825. The van der Waals surface area contributed by atoms with Crippen LogP contribution in [0.15, 0.2) is 53.4 Å². The molecule has 0 aliphatic heterocycles. The number of carbonyl (C=O) groups excluding carboxylic acids is 2. The first-order valence-corrected chi connectivity index (χ1v) is 10.8. The van der Waals surface area contributed by atoms with Crippen LogP contribution in [0.2, 0.25) is 0 Å². The van der Waals surface area contributed by atoms with E-state index in [0.29, 0.717) is 21.9 Å². The third kappa shape index (κ3) is 6.08. The highest BCUT2D eigenvalue weighted by Crippen LogP contribution is 2.38. The van der Waals surface area contributed by atoms with Crippen LogP contribution in [0.1, 0.15) is 15.9 Å². The van der Waals surface area contributed by atoms with E-state index in [4.69, 9.17) is 4.74 Å². The maximum absolute atomic E-state index is 14.0. The maximum atomic E-state index is 14.0. The Labute approximate surface area is 203 Å². The van der Waals surface area contributed by atoms with Crippen LogP contribution in [0.25, 0.3) is 0 Å². The lowest BCUT2D eigenvalue weighted by molar-refractivity contribution is -0.143. The van der Waals surface area contributed by atoms with E-state index < -0.39 is 58.3 Å². The van der Waals surface area contributed by atoms with Crippen molar-refractivity contribution in [3.63, 3.8) is 0 Å². The molecule has 3 rings (SSSR count). The SMILES string of the molecule is COc1ccc(C(=O)Nc2cccc(SCC(=O)Nc3c(F)c(F)c(C(F)(F)F)c(F)c3F)c2)cc1. The zero-order valence-electron chi connectivity index (χ0n) is 18.1. The van der Waals surface area contributed by atoms with Crippen molar-refractivity contribution in [1.29, 1.82) is 0 Å². The normalized spacial score (nSPS) is 11.2. The fourth-order valence-electron chi connectivity index (χ4n) is 2.92. The van der Waals surface area contributed by atoms with Crippen molar-refractivity contribution in [2.24, 2.45) is 0 Å². The molecule has 3 aromatic rings. The van der Waals surface area contributed by atoms with Gasteiger partial charge in [0, 0.05) is 16.1 Å². The quantitative estimate of drug-likeness (QED) is 0.214. The van der Waals surface area contributed by atoms with Gasteiger partial charge in [-0.25, -0.2) is 17.6 Å². The topological polar surface area (TPSA) is 67.4 Å². The lowest BCUT2D eigenvalue weighted by Crippen LogP contribution is -2.21. The molecule has 0 spiro atoms. The maximum Gasteiger partial charge on any atom is 0.422 e. The van der Waals surface area contributed by atoms with Gasteiger partial charge in [0.15, 0.2) is 23.3 Å². The van der Waals surface area contributed by atoms with Crippen LogP contribution in [0.4, 0.5) is 42.1 Å². The Morgan fingerprint density at radius 3 is 2.06 bits per heavy atom. The zero-order valence-corrected chi connectivity index (χ0v) is 18.9. The van der Waals surface area contributed by atoms with E-state index in [-0.39, 0.29) is 0 Å². The highest BCUT2D eigenvalue weighted by molar-refractivity contribution is 8.00. The van der Waals surface area contributed by atoms with E-state index in [2.05, 4.69) is 5.32 Å². The molecule has 0 aliphatic carbocycles. The van der Waals surface area contributed by atoms with E-state index in [1.807, 2.05) is 0 Å². The lowest BCUT2D eigenvalue weighted by atomic mass is 10.1. The van der Waals surface area contributed by atoms with Crippen LogP contribution in [0.5, 0.6) is 5.75 Å². The molecule has 0 aliphatic rings. The third-order valence-corrected chi connectivity index (χ3v) is 5.62. The zero-order chi connectivity index (χ0) is 26.6. The van der Waals surface area contributed by atoms with Crippen molar-refractivity contribution < 1.29 is 45.1 Å². The molecule has 0 saturated heterocycles. The monoisotopic (exact) mass is 532 g/mol. The van der Waals surface area contributed by atoms with Gasteiger partial charge in [0.2, 0.25) is 5.91 Å². The highest BCUT2D eigenvalue weighted by Gasteiger charge is 2.42. The number of amides is 2. The molecule has 0 saturated carbocycles. The number of hydrogen-bond donors (Lipinski definition) is 2. The summed E-state index contributed by atoms with van der Waals surface area (Å²) in [5.74, 6) is -11.7. The number of anilines is 2. The Morgan fingerprint density at radius 1 is 0.889 bits per heavy atom. The smallest absolute Gasteiger partial charge is 0.422 e. The molecule has 0 atom stereocenters. The number of benzene rings is 3. The van der Waals surface area contributed by atoms with Crippen molar-refractivity contribution in [3.05, 3.63) is 82.9 Å². The van der Waals surface area contributed by atoms with Crippen LogP contribution < -0.4 is 15.4 Å². The van der Waals surface area contributed by atoms with E-state index in [1.54, 1.807) is 47.8 Å². The molecule has 36 heavy (non-hydrogen) atoms. The van der Waals surface area contributed by atoms with Crippen LogP contribution in [-0.4, -0.2) is 24.7 Å². The van der Waals surface area contributed by atoms with E-state index in [9.17, 15) is 40.3 Å². The van der Waals surface area contributed by atoms with Crippen molar-refractivity contribution in [3.8, 4) is 5.75 Å². The Bertz CT molecular complexity index is 1270.